The Kier molecular flexibility index (Phi) is 3.33. The van der Waals surface area contributed by atoms with Gasteiger partial charge in [0.25, 0.3) is 0 Å². The molecule has 0 heterocycles. The van der Waals surface area contributed by atoms with Gasteiger partial charge >= 0.3 is 5.97 Å². The van der Waals surface area contributed by atoms with Gasteiger partial charge in [-0.2, -0.15) is 0 Å². The lowest BCUT2D eigenvalue weighted by Gasteiger charge is -2.39. The first-order chi connectivity index (χ1) is 7.65. The number of aliphatic hydroxyl groups is 1. The van der Waals surface area contributed by atoms with E-state index in [1.54, 1.807) is 0 Å². The molecule has 1 saturated carbocycles. The van der Waals surface area contributed by atoms with E-state index < -0.39 is 6.10 Å². The minimum Gasteiger partial charge on any atom is -0.469 e. The normalized spacial score (nSPS) is 38.6. The summed E-state index contributed by atoms with van der Waals surface area (Å²) in [7, 11) is 1.40. The molecule has 4 atom stereocenters. The molecule has 0 aromatic heterocycles. The van der Waals surface area contributed by atoms with Crippen LogP contribution >= 0.6 is 0 Å². The van der Waals surface area contributed by atoms with Gasteiger partial charge in [-0.05, 0) is 25.2 Å². The van der Waals surface area contributed by atoms with Gasteiger partial charge in [0.1, 0.15) is 0 Å². The lowest BCUT2D eigenvalue weighted by atomic mass is 9.67. The van der Waals surface area contributed by atoms with Crippen LogP contribution in [0, 0.1) is 17.8 Å². The van der Waals surface area contributed by atoms with Crippen molar-refractivity contribution in [1.29, 1.82) is 0 Å². The number of ether oxygens (including phenoxy) is 1. The number of hydrogen-bond donors (Lipinski definition) is 1. The third-order valence-electron chi connectivity index (χ3n) is 4.00. The monoisotopic (exact) mass is 224 g/mol. The number of carbonyl (C=O) groups excluding carboxylic acids is 1. The number of methoxy groups -OCH3 is 1. The molecule has 0 aliphatic heterocycles. The third kappa shape index (κ3) is 1.88. The fraction of sp³-hybridized carbons (Fsp3) is 0.769. The first-order valence-corrected chi connectivity index (χ1v) is 6.11. The first-order valence-electron chi connectivity index (χ1n) is 6.11. The number of hydrogen-bond acceptors (Lipinski definition) is 3. The number of esters is 1. The van der Waals surface area contributed by atoms with Crippen LogP contribution in [0.15, 0.2) is 11.6 Å². The van der Waals surface area contributed by atoms with Crippen LogP contribution in [0.3, 0.4) is 0 Å². The predicted octanol–water partition coefficient (Wildman–Crippen LogP) is 1.90. The van der Waals surface area contributed by atoms with Gasteiger partial charge in [0.05, 0.1) is 19.1 Å². The highest BCUT2D eigenvalue weighted by Gasteiger charge is 2.43. The van der Waals surface area contributed by atoms with Gasteiger partial charge in [-0.1, -0.05) is 25.0 Å². The van der Waals surface area contributed by atoms with E-state index in [-0.39, 0.29) is 23.7 Å². The average Bonchev–Trinajstić information content (AvgIpc) is 2.30. The summed E-state index contributed by atoms with van der Waals surface area (Å²) in [5, 5.41) is 10.1. The molecule has 0 unspecified atom stereocenters. The van der Waals surface area contributed by atoms with Gasteiger partial charge in [0, 0.05) is 5.92 Å². The zero-order chi connectivity index (χ0) is 11.7. The van der Waals surface area contributed by atoms with E-state index in [4.69, 9.17) is 4.74 Å². The maximum Gasteiger partial charge on any atom is 0.311 e. The zero-order valence-electron chi connectivity index (χ0n) is 9.98. The molecular formula is C13H20O3. The summed E-state index contributed by atoms with van der Waals surface area (Å²) < 4.78 is 4.83. The van der Waals surface area contributed by atoms with Crippen molar-refractivity contribution in [3.8, 4) is 0 Å². The molecule has 1 N–H and O–H groups in total. The van der Waals surface area contributed by atoms with Crippen molar-refractivity contribution in [2.45, 2.75) is 38.7 Å². The van der Waals surface area contributed by atoms with Gasteiger partial charge in [-0.25, -0.2) is 0 Å². The zero-order valence-corrected chi connectivity index (χ0v) is 9.98. The van der Waals surface area contributed by atoms with Crippen LogP contribution in [0.4, 0.5) is 0 Å². The molecule has 0 saturated heterocycles. The smallest absolute Gasteiger partial charge is 0.311 e. The maximum atomic E-state index is 11.8. The molecule has 2 aliphatic carbocycles. The van der Waals surface area contributed by atoms with Crippen molar-refractivity contribution in [2.75, 3.05) is 7.11 Å². The molecular weight excluding hydrogens is 204 g/mol. The second kappa shape index (κ2) is 4.58. The summed E-state index contributed by atoms with van der Waals surface area (Å²) in [6.45, 7) is 1.97. The molecule has 16 heavy (non-hydrogen) atoms. The number of allylic oxidation sites excluding steroid dienone is 1. The largest absolute Gasteiger partial charge is 0.469 e. The lowest BCUT2D eigenvalue weighted by molar-refractivity contribution is -0.153. The van der Waals surface area contributed by atoms with Crippen molar-refractivity contribution in [3.63, 3.8) is 0 Å². The molecule has 0 bridgehead atoms. The van der Waals surface area contributed by atoms with Crippen molar-refractivity contribution < 1.29 is 14.6 Å². The molecule has 0 spiro atoms. The fourth-order valence-corrected chi connectivity index (χ4v) is 3.12. The van der Waals surface area contributed by atoms with E-state index in [2.05, 4.69) is 6.08 Å². The lowest BCUT2D eigenvalue weighted by Crippen LogP contribution is -2.43. The van der Waals surface area contributed by atoms with Gasteiger partial charge in [0.15, 0.2) is 0 Å². The van der Waals surface area contributed by atoms with E-state index in [0.717, 1.165) is 19.3 Å². The highest BCUT2D eigenvalue weighted by molar-refractivity contribution is 5.74. The van der Waals surface area contributed by atoms with E-state index in [9.17, 15) is 9.90 Å². The molecule has 1 fully saturated rings. The minimum atomic E-state index is -0.584. The Morgan fingerprint density at radius 2 is 2.25 bits per heavy atom. The number of rotatable bonds is 1. The summed E-state index contributed by atoms with van der Waals surface area (Å²) >= 11 is 0. The maximum absolute atomic E-state index is 11.8. The van der Waals surface area contributed by atoms with Crippen molar-refractivity contribution >= 4 is 5.97 Å². The highest BCUT2D eigenvalue weighted by atomic mass is 16.5. The topological polar surface area (TPSA) is 46.5 Å². The minimum absolute atomic E-state index is 0.0634. The van der Waals surface area contributed by atoms with Gasteiger partial charge in [-0.3, -0.25) is 4.79 Å². The van der Waals surface area contributed by atoms with Crippen LogP contribution in [0.1, 0.15) is 32.6 Å². The highest BCUT2D eigenvalue weighted by Crippen LogP contribution is 2.42. The Balaban J connectivity index is 2.28. The van der Waals surface area contributed by atoms with Crippen LogP contribution in [-0.4, -0.2) is 24.3 Å². The number of aliphatic hydroxyl groups excluding tert-OH is 1. The SMILES string of the molecule is COC(=O)[C@@H]1[C@@H](O)[C@@H](C)C=C2CCCC[C@H]21. The Morgan fingerprint density at radius 3 is 2.94 bits per heavy atom. The van der Waals surface area contributed by atoms with E-state index in [1.807, 2.05) is 6.92 Å². The van der Waals surface area contributed by atoms with Crippen molar-refractivity contribution in [1.82, 2.24) is 0 Å². The van der Waals surface area contributed by atoms with Crippen LogP contribution in [0.2, 0.25) is 0 Å². The summed E-state index contributed by atoms with van der Waals surface area (Å²) in [5.74, 6) is -0.321. The van der Waals surface area contributed by atoms with E-state index in [1.165, 1.54) is 19.1 Å². The average molecular weight is 224 g/mol. The summed E-state index contributed by atoms with van der Waals surface area (Å²) in [6, 6.07) is 0. The third-order valence-corrected chi connectivity index (χ3v) is 4.00. The van der Waals surface area contributed by atoms with Crippen LogP contribution < -0.4 is 0 Å². The molecule has 2 rings (SSSR count). The second-order valence-electron chi connectivity index (χ2n) is 4.99. The van der Waals surface area contributed by atoms with Gasteiger partial charge in [0.2, 0.25) is 0 Å². The Bertz CT molecular complexity index is 308. The predicted molar refractivity (Wildman–Crippen MR) is 60.7 cm³/mol. The Morgan fingerprint density at radius 1 is 1.50 bits per heavy atom. The van der Waals surface area contributed by atoms with Crippen molar-refractivity contribution in [3.05, 3.63) is 11.6 Å². The van der Waals surface area contributed by atoms with Crippen LogP contribution in [0.5, 0.6) is 0 Å². The summed E-state index contributed by atoms with van der Waals surface area (Å²) in [5.41, 5.74) is 1.36. The van der Waals surface area contributed by atoms with E-state index in [0.29, 0.717) is 0 Å². The fourth-order valence-electron chi connectivity index (χ4n) is 3.12. The Hall–Kier alpha value is -0.830. The summed E-state index contributed by atoms with van der Waals surface area (Å²) in [6.07, 6.45) is 6.02. The first kappa shape index (κ1) is 11.6. The Labute approximate surface area is 96.5 Å². The molecule has 0 aromatic carbocycles. The molecule has 0 radical (unpaired) electrons. The second-order valence-corrected chi connectivity index (χ2v) is 4.99. The molecule has 90 valence electrons. The molecule has 3 heteroatoms. The quantitative estimate of drug-likeness (QED) is 0.546. The molecule has 2 aliphatic rings. The standard InChI is InChI=1S/C13H20O3/c1-8-7-9-5-3-4-6-10(9)11(12(8)14)13(15)16-2/h7-8,10-12,14H,3-6H2,1-2H3/t8-,10+,11-,12-/m0/s1. The number of fused-ring (bicyclic) bond motifs is 1. The van der Waals surface area contributed by atoms with Crippen LogP contribution in [0.25, 0.3) is 0 Å². The number of carbonyl (C=O) groups is 1. The van der Waals surface area contributed by atoms with Gasteiger partial charge < -0.3 is 9.84 Å². The van der Waals surface area contributed by atoms with Crippen molar-refractivity contribution in [2.24, 2.45) is 17.8 Å². The molecule has 0 amide bonds. The summed E-state index contributed by atoms with van der Waals surface area (Å²) in [4.78, 5) is 11.8. The molecule has 3 nitrogen and oxygen atoms in total. The van der Waals surface area contributed by atoms with E-state index >= 15 is 0 Å². The molecule has 0 aromatic rings. The van der Waals surface area contributed by atoms with Crippen LogP contribution in [-0.2, 0) is 9.53 Å². The van der Waals surface area contributed by atoms with Gasteiger partial charge in [-0.15, -0.1) is 0 Å².